The smallest absolute Gasteiger partial charge is 0.270 e. The van der Waals surface area contributed by atoms with Gasteiger partial charge in [0.1, 0.15) is 11.2 Å². The second kappa shape index (κ2) is 8.22. The number of piperidine rings is 1. The van der Waals surface area contributed by atoms with E-state index in [2.05, 4.69) is 10.1 Å². The van der Waals surface area contributed by atoms with Crippen LogP contribution in [0, 0.1) is 13.8 Å². The van der Waals surface area contributed by atoms with Crippen molar-refractivity contribution in [2.24, 2.45) is 5.10 Å². The molecular weight excluding hydrogens is 404 g/mol. The van der Waals surface area contributed by atoms with Crippen molar-refractivity contribution < 1.29 is 14.0 Å². The topological polar surface area (TPSA) is 79.0 Å². The van der Waals surface area contributed by atoms with Crippen molar-refractivity contribution >= 4 is 34.3 Å². The number of aryl methyl sites for hydroxylation is 2. The van der Waals surface area contributed by atoms with Crippen LogP contribution in [0.15, 0.2) is 52.0 Å². The number of para-hydroxylation sites is 2. The number of aromatic nitrogens is 1. The lowest BCUT2D eigenvalue weighted by atomic mass is 9.96. The van der Waals surface area contributed by atoms with Crippen molar-refractivity contribution in [3.05, 3.63) is 59.5 Å². The maximum atomic E-state index is 13.2. The third kappa shape index (κ3) is 3.79. The molecule has 0 spiro atoms. The Morgan fingerprint density at radius 3 is 2.62 bits per heavy atom. The van der Waals surface area contributed by atoms with E-state index in [1.54, 1.807) is 0 Å². The van der Waals surface area contributed by atoms with Gasteiger partial charge in [-0.1, -0.05) is 24.3 Å². The molecular formula is C25H26N4O3. The largest absolute Gasteiger partial charge is 0.440 e. The number of amides is 2. The maximum Gasteiger partial charge on any atom is 0.270 e. The summed E-state index contributed by atoms with van der Waals surface area (Å²) >= 11 is 0. The lowest BCUT2D eigenvalue weighted by molar-refractivity contribution is -0.125. The first-order valence-corrected chi connectivity index (χ1v) is 11.1. The summed E-state index contributed by atoms with van der Waals surface area (Å²) in [6, 6.07) is 13.7. The number of hydrogen-bond acceptors (Lipinski definition) is 5. The van der Waals surface area contributed by atoms with Gasteiger partial charge < -0.3 is 9.32 Å². The van der Waals surface area contributed by atoms with Gasteiger partial charge in [0, 0.05) is 31.8 Å². The number of anilines is 1. The molecule has 7 nitrogen and oxygen atoms in total. The number of oxazole rings is 1. The first-order chi connectivity index (χ1) is 15.5. The van der Waals surface area contributed by atoms with Crippen molar-refractivity contribution in [2.45, 2.75) is 45.4 Å². The van der Waals surface area contributed by atoms with E-state index in [1.807, 2.05) is 61.2 Å². The van der Waals surface area contributed by atoms with Gasteiger partial charge in [-0.3, -0.25) is 9.59 Å². The molecule has 2 aliphatic heterocycles. The number of carbonyl (C=O) groups excluding carboxylic acids is 2. The quantitative estimate of drug-likeness (QED) is 0.619. The van der Waals surface area contributed by atoms with Gasteiger partial charge in [-0.25, -0.2) is 9.99 Å². The summed E-state index contributed by atoms with van der Waals surface area (Å²) in [5, 5.41) is 5.90. The van der Waals surface area contributed by atoms with Gasteiger partial charge >= 0.3 is 0 Å². The number of likely N-dealkylation sites (tertiary alicyclic amines) is 1. The zero-order valence-corrected chi connectivity index (χ0v) is 18.4. The molecule has 7 heteroatoms. The first kappa shape index (κ1) is 20.4. The predicted octanol–water partition coefficient (Wildman–Crippen LogP) is 4.33. The molecule has 3 heterocycles. The van der Waals surface area contributed by atoms with Crippen LogP contribution in [0.3, 0.4) is 0 Å². The Morgan fingerprint density at radius 2 is 1.84 bits per heavy atom. The minimum absolute atomic E-state index is 0.0788. The molecule has 0 radical (unpaired) electrons. The van der Waals surface area contributed by atoms with Gasteiger partial charge in [-0.05, 0) is 56.0 Å². The van der Waals surface area contributed by atoms with Crippen molar-refractivity contribution in [1.29, 1.82) is 0 Å². The van der Waals surface area contributed by atoms with Crippen molar-refractivity contribution in [3.63, 3.8) is 0 Å². The van der Waals surface area contributed by atoms with Gasteiger partial charge in [0.05, 0.1) is 5.69 Å². The highest BCUT2D eigenvalue weighted by Gasteiger charge is 2.32. The standard InChI is InChI=1S/C25H26N4O3/c1-16-7-8-17(2)21(15-16)29-23(30)10-9-20(27-29)25(31)28-13-11-18(12-14-28)24-26-19-5-3-4-6-22(19)32-24/h3-8,15,18H,9-14H2,1-2H3. The van der Waals surface area contributed by atoms with Gasteiger partial charge in [0.2, 0.25) is 5.91 Å². The van der Waals surface area contributed by atoms with E-state index in [-0.39, 0.29) is 24.2 Å². The number of nitrogens with zero attached hydrogens (tertiary/aromatic N) is 4. The highest BCUT2D eigenvalue weighted by Crippen LogP contribution is 2.31. The Balaban J connectivity index is 1.30. The number of benzene rings is 2. The monoisotopic (exact) mass is 430 g/mol. The van der Waals surface area contributed by atoms with E-state index >= 15 is 0 Å². The molecule has 2 aliphatic rings. The molecule has 0 bridgehead atoms. The van der Waals surface area contributed by atoms with Crippen LogP contribution >= 0.6 is 0 Å². The second-order valence-electron chi connectivity index (χ2n) is 8.63. The molecule has 32 heavy (non-hydrogen) atoms. The minimum Gasteiger partial charge on any atom is -0.440 e. The first-order valence-electron chi connectivity index (χ1n) is 11.1. The molecule has 0 aliphatic carbocycles. The van der Waals surface area contributed by atoms with Gasteiger partial charge in [-0.2, -0.15) is 5.10 Å². The summed E-state index contributed by atoms with van der Waals surface area (Å²) in [5.74, 6) is 0.793. The van der Waals surface area contributed by atoms with E-state index in [0.29, 0.717) is 25.2 Å². The summed E-state index contributed by atoms with van der Waals surface area (Å²) in [4.78, 5) is 32.2. The molecule has 2 amide bonds. The van der Waals surface area contributed by atoms with Crippen LogP contribution in [-0.4, -0.2) is 40.5 Å². The Labute approximate surface area is 186 Å². The van der Waals surface area contributed by atoms with Crippen LogP contribution in [0.5, 0.6) is 0 Å². The molecule has 1 fully saturated rings. The van der Waals surface area contributed by atoms with Gasteiger partial charge in [-0.15, -0.1) is 0 Å². The third-order valence-corrected chi connectivity index (χ3v) is 6.31. The van der Waals surface area contributed by atoms with Crippen molar-refractivity contribution in [3.8, 4) is 0 Å². The second-order valence-corrected chi connectivity index (χ2v) is 8.63. The van der Waals surface area contributed by atoms with Crippen LogP contribution < -0.4 is 5.01 Å². The van der Waals surface area contributed by atoms with Crippen LogP contribution in [0.25, 0.3) is 11.1 Å². The van der Waals surface area contributed by atoms with Gasteiger partial charge in [0.15, 0.2) is 11.5 Å². The Morgan fingerprint density at radius 1 is 1.06 bits per heavy atom. The summed E-state index contributed by atoms with van der Waals surface area (Å²) < 4.78 is 5.93. The summed E-state index contributed by atoms with van der Waals surface area (Å²) in [7, 11) is 0. The SMILES string of the molecule is Cc1ccc(C)c(N2N=C(C(=O)N3CCC(c4nc5ccccc5o4)CC3)CCC2=O)c1. The average molecular weight is 431 g/mol. The van der Waals surface area contributed by atoms with Crippen LogP contribution in [0.1, 0.15) is 48.6 Å². The zero-order chi connectivity index (χ0) is 22.2. The maximum absolute atomic E-state index is 13.2. The molecule has 0 unspecified atom stereocenters. The fraction of sp³-hybridized carbons (Fsp3) is 0.360. The van der Waals surface area contributed by atoms with E-state index in [4.69, 9.17) is 4.42 Å². The fourth-order valence-corrected chi connectivity index (χ4v) is 4.42. The molecule has 2 aromatic carbocycles. The molecule has 0 saturated carbocycles. The van der Waals surface area contributed by atoms with Crippen LogP contribution in [0.4, 0.5) is 5.69 Å². The third-order valence-electron chi connectivity index (χ3n) is 6.31. The predicted molar refractivity (Wildman–Crippen MR) is 123 cm³/mol. The fourth-order valence-electron chi connectivity index (χ4n) is 4.42. The minimum atomic E-state index is -0.0798. The number of hydrogen-bond donors (Lipinski definition) is 0. The summed E-state index contributed by atoms with van der Waals surface area (Å²) in [5.41, 5.74) is 4.87. The summed E-state index contributed by atoms with van der Waals surface area (Å²) in [6.07, 6.45) is 2.26. The number of carbonyl (C=O) groups is 2. The Hall–Kier alpha value is -3.48. The normalized spacial score (nSPS) is 17.7. The number of fused-ring (bicyclic) bond motifs is 1. The Kier molecular flexibility index (Phi) is 5.25. The Bertz CT molecular complexity index is 1190. The summed E-state index contributed by atoms with van der Waals surface area (Å²) in [6.45, 7) is 5.18. The van der Waals surface area contributed by atoms with Crippen molar-refractivity contribution in [1.82, 2.24) is 9.88 Å². The van der Waals surface area contributed by atoms with Crippen LogP contribution in [-0.2, 0) is 9.59 Å². The van der Waals surface area contributed by atoms with Crippen LogP contribution in [0.2, 0.25) is 0 Å². The number of rotatable bonds is 3. The van der Waals surface area contributed by atoms with E-state index < -0.39 is 0 Å². The average Bonchev–Trinajstić information content (AvgIpc) is 3.25. The molecule has 5 rings (SSSR count). The van der Waals surface area contributed by atoms with Crippen molar-refractivity contribution in [2.75, 3.05) is 18.1 Å². The van der Waals surface area contributed by atoms with E-state index in [1.165, 1.54) is 5.01 Å². The van der Waals surface area contributed by atoms with E-state index in [0.717, 1.165) is 46.6 Å². The molecule has 0 N–H and O–H groups in total. The zero-order valence-electron chi connectivity index (χ0n) is 18.4. The molecule has 1 saturated heterocycles. The highest BCUT2D eigenvalue weighted by molar-refractivity contribution is 6.40. The molecule has 1 aromatic heterocycles. The number of hydrazone groups is 1. The van der Waals surface area contributed by atoms with E-state index in [9.17, 15) is 9.59 Å². The molecule has 0 atom stereocenters. The highest BCUT2D eigenvalue weighted by atomic mass is 16.3. The molecule has 164 valence electrons. The lowest BCUT2D eigenvalue weighted by Gasteiger charge is -2.32. The lowest BCUT2D eigenvalue weighted by Crippen LogP contribution is -2.44. The van der Waals surface area contributed by atoms with Gasteiger partial charge in [0.25, 0.3) is 5.91 Å². The molecule has 3 aromatic rings.